The minimum absolute atomic E-state index is 0.239. The van der Waals surface area contributed by atoms with Gasteiger partial charge in [-0.05, 0) is 58.0 Å². The highest BCUT2D eigenvalue weighted by molar-refractivity contribution is 5.27. The number of hydrogen-bond donors (Lipinski definition) is 1. The molecule has 0 aromatic heterocycles. The van der Waals surface area contributed by atoms with Crippen LogP contribution in [0, 0.1) is 0 Å². The molecule has 1 aromatic carbocycles. The zero-order chi connectivity index (χ0) is 14.4. The molecule has 0 saturated carbocycles. The summed E-state index contributed by atoms with van der Waals surface area (Å²) in [6.45, 7) is 7.48. The van der Waals surface area contributed by atoms with Crippen molar-refractivity contribution in [1.82, 2.24) is 10.2 Å². The average Bonchev–Trinajstić information content (AvgIpc) is 2.43. The number of piperidine rings is 1. The van der Waals surface area contributed by atoms with Gasteiger partial charge in [-0.2, -0.15) is 0 Å². The lowest BCUT2D eigenvalue weighted by molar-refractivity contribution is 0.139. The first-order valence-electron chi connectivity index (χ1n) is 7.83. The first-order chi connectivity index (χ1) is 9.69. The Kier molecular flexibility index (Phi) is 5.86. The predicted molar refractivity (Wildman–Crippen MR) is 84.2 cm³/mol. The van der Waals surface area contributed by atoms with Crippen LogP contribution in [0.5, 0.6) is 5.75 Å². The monoisotopic (exact) mass is 276 g/mol. The Morgan fingerprint density at radius 3 is 2.65 bits per heavy atom. The van der Waals surface area contributed by atoms with Crippen LogP contribution >= 0.6 is 0 Å². The van der Waals surface area contributed by atoms with Crippen molar-refractivity contribution in [3.63, 3.8) is 0 Å². The fraction of sp³-hybridized carbons (Fsp3) is 0.647. The van der Waals surface area contributed by atoms with Gasteiger partial charge in [-0.15, -0.1) is 0 Å². The largest absolute Gasteiger partial charge is 0.491 e. The van der Waals surface area contributed by atoms with Crippen molar-refractivity contribution in [3.8, 4) is 5.75 Å². The quantitative estimate of drug-likeness (QED) is 0.864. The molecule has 3 nitrogen and oxygen atoms in total. The predicted octanol–water partition coefficient (Wildman–Crippen LogP) is 3.05. The average molecular weight is 276 g/mol. The van der Waals surface area contributed by atoms with Gasteiger partial charge in [0.05, 0.1) is 6.10 Å². The minimum atomic E-state index is 0.239. The maximum atomic E-state index is 5.70. The molecule has 0 radical (unpaired) electrons. The molecule has 1 aromatic rings. The van der Waals surface area contributed by atoms with Gasteiger partial charge in [0.2, 0.25) is 0 Å². The van der Waals surface area contributed by atoms with Crippen LogP contribution in [0.3, 0.4) is 0 Å². The van der Waals surface area contributed by atoms with E-state index in [0.717, 1.165) is 18.8 Å². The molecule has 2 rings (SSSR count). The van der Waals surface area contributed by atoms with Crippen molar-refractivity contribution in [3.05, 3.63) is 29.8 Å². The van der Waals surface area contributed by atoms with Crippen LogP contribution in [-0.4, -0.2) is 37.2 Å². The van der Waals surface area contributed by atoms with E-state index in [-0.39, 0.29) is 6.10 Å². The Hall–Kier alpha value is -1.06. The molecule has 1 N–H and O–H groups in total. The number of rotatable bonds is 6. The summed E-state index contributed by atoms with van der Waals surface area (Å²) in [6.07, 6.45) is 4.25. The number of likely N-dealkylation sites (tertiary alicyclic amines) is 1. The van der Waals surface area contributed by atoms with E-state index in [2.05, 4.69) is 48.3 Å². The van der Waals surface area contributed by atoms with E-state index in [4.69, 9.17) is 4.74 Å². The summed E-state index contributed by atoms with van der Waals surface area (Å²) >= 11 is 0. The molecule has 1 saturated heterocycles. The number of benzene rings is 1. The van der Waals surface area contributed by atoms with Crippen molar-refractivity contribution in [2.45, 2.75) is 51.8 Å². The van der Waals surface area contributed by atoms with Crippen molar-refractivity contribution < 1.29 is 4.74 Å². The van der Waals surface area contributed by atoms with Gasteiger partial charge in [0.1, 0.15) is 5.75 Å². The Morgan fingerprint density at radius 2 is 2.00 bits per heavy atom. The van der Waals surface area contributed by atoms with Gasteiger partial charge in [0, 0.05) is 19.1 Å². The third-order valence-corrected chi connectivity index (χ3v) is 3.87. The lowest BCUT2D eigenvalue weighted by Gasteiger charge is -2.35. The fourth-order valence-corrected chi connectivity index (χ4v) is 2.92. The molecule has 112 valence electrons. The lowest BCUT2D eigenvalue weighted by Crippen LogP contribution is -2.44. The van der Waals surface area contributed by atoms with Crippen LogP contribution in [0.15, 0.2) is 24.3 Å². The molecule has 1 aliphatic heterocycles. The fourth-order valence-electron chi connectivity index (χ4n) is 2.92. The summed E-state index contributed by atoms with van der Waals surface area (Å²) < 4.78 is 5.70. The summed E-state index contributed by atoms with van der Waals surface area (Å²) in [5.41, 5.74) is 1.38. The first kappa shape index (κ1) is 15.3. The Labute approximate surface area is 123 Å². The molecule has 0 spiro atoms. The molecule has 1 aliphatic rings. The summed E-state index contributed by atoms with van der Waals surface area (Å²) in [4.78, 5) is 2.61. The van der Waals surface area contributed by atoms with Gasteiger partial charge < -0.3 is 10.1 Å². The summed E-state index contributed by atoms with van der Waals surface area (Å²) in [5.74, 6) is 0.967. The van der Waals surface area contributed by atoms with E-state index in [1.807, 2.05) is 7.05 Å². The number of likely N-dealkylation sites (N-methyl/N-ethyl adjacent to an activating group) is 1. The highest BCUT2D eigenvalue weighted by Crippen LogP contribution is 2.21. The Balaban J connectivity index is 1.94. The summed E-state index contributed by atoms with van der Waals surface area (Å²) in [6, 6.07) is 9.25. The molecule has 1 fully saturated rings. The zero-order valence-electron chi connectivity index (χ0n) is 13.1. The van der Waals surface area contributed by atoms with Gasteiger partial charge >= 0.3 is 0 Å². The highest BCUT2D eigenvalue weighted by Gasteiger charge is 2.21. The van der Waals surface area contributed by atoms with Crippen molar-refractivity contribution >= 4 is 0 Å². The molecular weight excluding hydrogens is 248 g/mol. The van der Waals surface area contributed by atoms with Gasteiger partial charge in [-0.3, -0.25) is 4.90 Å². The number of nitrogens with one attached hydrogen (secondary N) is 1. The van der Waals surface area contributed by atoms with Gasteiger partial charge in [0.15, 0.2) is 0 Å². The molecule has 20 heavy (non-hydrogen) atoms. The number of nitrogens with zero attached hydrogens (tertiary/aromatic N) is 1. The number of ether oxygens (including phenoxy) is 1. The molecule has 1 unspecified atom stereocenters. The second kappa shape index (κ2) is 7.65. The van der Waals surface area contributed by atoms with Crippen LogP contribution in [0.25, 0.3) is 0 Å². The molecule has 1 heterocycles. The lowest BCUT2D eigenvalue weighted by atomic mass is 10.0. The van der Waals surface area contributed by atoms with E-state index < -0.39 is 0 Å². The number of hydrogen-bond acceptors (Lipinski definition) is 3. The standard InChI is InChI=1S/C17H28N2O/c1-14(2)20-17-9-7-15(8-10-17)13-19-11-5-4-6-16(19)12-18-3/h7-10,14,16,18H,4-6,11-13H2,1-3H3. The van der Waals surface area contributed by atoms with E-state index in [9.17, 15) is 0 Å². The highest BCUT2D eigenvalue weighted by atomic mass is 16.5. The molecule has 0 aliphatic carbocycles. The normalized spacial score (nSPS) is 20.3. The zero-order valence-corrected chi connectivity index (χ0v) is 13.1. The van der Waals surface area contributed by atoms with E-state index in [1.54, 1.807) is 0 Å². The van der Waals surface area contributed by atoms with Crippen LogP contribution in [0.1, 0.15) is 38.7 Å². The molecular formula is C17H28N2O. The second-order valence-corrected chi connectivity index (χ2v) is 5.99. The smallest absolute Gasteiger partial charge is 0.119 e. The third-order valence-electron chi connectivity index (χ3n) is 3.87. The maximum Gasteiger partial charge on any atom is 0.119 e. The van der Waals surface area contributed by atoms with Gasteiger partial charge in [-0.25, -0.2) is 0 Å². The molecule has 3 heteroatoms. The molecule has 1 atom stereocenters. The molecule has 0 amide bonds. The van der Waals surface area contributed by atoms with Crippen molar-refractivity contribution in [2.24, 2.45) is 0 Å². The van der Waals surface area contributed by atoms with Crippen LogP contribution in [0.4, 0.5) is 0 Å². The summed E-state index contributed by atoms with van der Waals surface area (Å²) in [7, 11) is 2.05. The van der Waals surface area contributed by atoms with Crippen molar-refractivity contribution in [2.75, 3.05) is 20.1 Å². The Morgan fingerprint density at radius 1 is 1.25 bits per heavy atom. The van der Waals surface area contributed by atoms with E-state index in [1.165, 1.54) is 31.4 Å². The topological polar surface area (TPSA) is 24.5 Å². The third kappa shape index (κ3) is 4.50. The molecule has 0 bridgehead atoms. The van der Waals surface area contributed by atoms with E-state index >= 15 is 0 Å². The maximum absolute atomic E-state index is 5.70. The second-order valence-electron chi connectivity index (χ2n) is 5.99. The first-order valence-corrected chi connectivity index (χ1v) is 7.83. The van der Waals surface area contributed by atoms with Crippen molar-refractivity contribution in [1.29, 1.82) is 0 Å². The summed E-state index contributed by atoms with van der Waals surface area (Å²) in [5, 5.41) is 3.32. The van der Waals surface area contributed by atoms with Gasteiger partial charge in [-0.1, -0.05) is 18.6 Å². The van der Waals surface area contributed by atoms with Crippen LogP contribution in [-0.2, 0) is 6.54 Å². The SMILES string of the molecule is CNCC1CCCCN1Cc1ccc(OC(C)C)cc1. The van der Waals surface area contributed by atoms with Crippen LogP contribution in [0.2, 0.25) is 0 Å². The van der Waals surface area contributed by atoms with Gasteiger partial charge in [0.25, 0.3) is 0 Å². The Bertz CT molecular complexity index is 386. The van der Waals surface area contributed by atoms with Crippen LogP contribution < -0.4 is 10.1 Å². The van der Waals surface area contributed by atoms with E-state index in [0.29, 0.717) is 6.04 Å². The minimum Gasteiger partial charge on any atom is -0.491 e.